The Kier molecular flexibility index (Phi) is 1.39. The van der Waals surface area contributed by atoms with Gasteiger partial charge in [0.05, 0.1) is 0 Å². The van der Waals surface area contributed by atoms with Crippen molar-refractivity contribution in [1.29, 1.82) is 0 Å². The van der Waals surface area contributed by atoms with E-state index in [-0.39, 0.29) is 5.91 Å². The SMILES string of the molecule is O=C1CC=CN(Cl)N1. The first-order chi connectivity index (χ1) is 3.79. The van der Waals surface area contributed by atoms with Crippen molar-refractivity contribution < 1.29 is 4.79 Å². The molecule has 1 amide bonds. The fourth-order valence-electron chi connectivity index (χ4n) is 0.454. The first-order valence-corrected chi connectivity index (χ1v) is 2.54. The molecule has 3 nitrogen and oxygen atoms in total. The summed E-state index contributed by atoms with van der Waals surface area (Å²) in [4.78, 5) is 10.4. The number of carbonyl (C=O) groups excluding carboxylic acids is 1. The Bertz CT molecular complexity index is 134. The van der Waals surface area contributed by atoms with E-state index < -0.39 is 0 Å². The third kappa shape index (κ3) is 1.13. The molecule has 1 N–H and O–H groups in total. The summed E-state index contributed by atoms with van der Waals surface area (Å²) in [5, 5.41) is 0. The Morgan fingerprint density at radius 1 is 1.88 bits per heavy atom. The van der Waals surface area contributed by atoms with Gasteiger partial charge in [0.15, 0.2) is 0 Å². The molecule has 0 saturated heterocycles. The maximum absolute atomic E-state index is 10.4. The molecule has 0 aliphatic carbocycles. The number of nitrogens with zero attached hydrogens (tertiary/aromatic N) is 1. The van der Waals surface area contributed by atoms with Gasteiger partial charge in [-0.25, -0.2) is 4.53 Å². The second-order valence-electron chi connectivity index (χ2n) is 1.44. The van der Waals surface area contributed by atoms with Gasteiger partial charge >= 0.3 is 0 Å². The highest BCUT2D eigenvalue weighted by Crippen LogP contribution is 1.98. The van der Waals surface area contributed by atoms with Gasteiger partial charge in [-0.05, 0) is 0 Å². The molecule has 0 aromatic carbocycles. The molecule has 0 spiro atoms. The molecule has 44 valence electrons. The Balaban J connectivity index is 2.54. The zero-order valence-corrected chi connectivity index (χ0v) is 4.85. The van der Waals surface area contributed by atoms with Crippen molar-refractivity contribution in [2.75, 3.05) is 0 Å². The van der Waals surface area contributed by atoms with Gasteiger partial charge in [-0.3, -0.25) is 10.2 Å². The van der Waals surface area contributed by atoms with Crippen molar-refractivity contribution in [2.45, 2.75) is 6.42 Å². The topological polar surface area (TPSA) is 32.3 Å². The molecule has 0 radical (unpaired) electrons. The summed E-state index contributed by atoms with van der Waals surface area (Å²) in [5.41, 5.74) is 2.35. The molecular weight excluding hydrogens is 128 g/mol. The predicted octanol–water partition coefficient (Wildman–Crippen LogP) is 0.391. The van der Waals surface area contributed by atoms with Crippen LogP contribution in [-0.2, 0) is 4.79 Å². The van der Waals surface area contributed by atoms with Crippen LogP contribution in [0.15, 0.2) is 12.3 Å². The van der Waals surface area contributed by atoms with Gasteiger partial charge < -0.3 is 0 Å². The summed E-state index contributed by atoms with van der Waals surface area (Å²) in [6.07, 6.45) is 3.69. The van der Waals surface area contributed by atoms with Crippen molar-refractivity contribution >= 4 is 17.7 Å². The number of hydrogen-bond acceptors (Lipinski definition) is 2. The standard InChI is InChI=1S/C4H5ClN2O/c5-7-3-1-2-4(8)6-7/h1,3H,2H2,(H,6,8). The molecule has 4 heteroatoms. The van der Waals surface area contributed by atoms with Gasteiger partial charge in [-0.15, -0.1) is 0 Å². The number of hydrogen-bond donors (Lipinski definition) is 1. The second kappa shape index (κ2) is 2.05. The number of nitrogens with one attached hydrogen (secondary N) is 1. The molecule has 1 aliphatic heterocycles. The van der Waals surface area contributed by atoms with Crippen molar-refractivity contribution in [3.63, 3.8) is 0 Å². The minimum Gasteiger partial charge on any atom is -0.273 e. The highest BCUT2D eigenvalue weighted by atomic mass is 35.5. The number of amides is 1. The van der Waals surface area contributed by atoms with Crippen LogP contribution in [0.2, 0.25) is 0 Å². The average molecular weight is 133 g/mol. The minimum absolute atomic E-state index is 0.0810. The second-order valence-corrected chi connectivity index (χ2v) is 1.80. The van der Waals surface area contributed by atoms with E-state index in [1.807, 2.05) is 0 Å². The summed E-state index contributed by atoms with van der Waals surface area (Å²) in [6.45, 7) is 0. The molecule has 0 fully saturated rings. The quantitative estimate of drug-likeness (QED) is 0.484. The predicted molar refractivity (Wildman–Crippen MR) is 29.6 cm³/mol. The number of halogens is 1. The molecule has 1 aliphatic rings. The lowest BCUT2D eigenvalue weighted by atomic mass is 10.4. The van der Waals surface area contributed by atoms with E-state index in [0.29, 0.717) is 6.42 Å². The van der Waals surface area contributed by atoms with Crippen molar-refractivity contribution in [2.24, 2.45) is 0 Å². The zero-order chi connectivity index (χ0) is 5.98. The maximum Gasteiger partial charge on any atom is 0.243 e. The molecule has 1 heterocycles. The van der Waals surface area contributed by atoms with Crippen LogP contribution in [0.25, 0.3) is 0 Å². The van der Waals surface area contributed by atoms with Crippen LogP contribution in [0.3, 0.4) is 0 Å². The fourth-order valence-corrected chi connectivity index (χ4v) is 0.628. The van der Waals surface area contributed by atoms with Crippen LogP contribution in [0.1, 0.15) is 6.42 Å². The lowest BCUT2D eigenvalue weighted by Gasteiger charge is -2.14. The zero-order valence-electron chi connectivity index (χ0n) is 4.10. The van der Waals surface area contributed by atoms with E-state index in [9.17, 15) is 4.79 Å². The van der Waals surface area contributed by atoms with Crippen LogP contribution in [0.5, 0.6) is 0 Å². The first-order valence-electron chi connectivity index (χ1n) is 2.20. The summed E-state index contributed by atoms with van der Waals surface area (Å²) in [5.74, 6) is -0.0810. The Labute approximate surface area is 52.0 Å². The van der Waals surface area contributed by atoms with Gasteiger partial charge in [0.1, 0.15) is 0 Å². The lowest BCUT2D eigenvalue weighted by molar-refractivity contribution is -0.123. The van der Waals surface area contributed by atoms with Crippen LogP contribution < -0.4 is 5.43 Å². The molecule has 0 aromatic heterocycles. The molecule has 8 heavy (non-hydrogen) atoms. The smallest absolute Gasteiger partial charge is 0.243 e. The molecule has 0 saturated carbocycles. The molecule has 0 atom stereocenters. The highest BCUT2D eigenvalue weighted by Gasteiger charge is 2.04. The van der Waals surface area contributed by atoms with E-state index in [1.54, 1.807) is 12.3 Å². The monoisotopic (exact) mass is 132 g/mol. The third-order valence-electron chi connectivity index (χ3n) is 0.771. The molecule has 0 bridgehead atoms. The van der Waals surface area contributed by atoms with Crippen molar-refractivity contribution in [1.82, 2.24) is 9.95 Å². The van der Waals surface area contributed by atoms with Crippen LogP contribution in [0.4, 0.5) is 0 Å². The van der Waals surface area contributed by atoms with Gasteiger partial charge in [-0.2, -0.15) is 0 Å². The van der Waals surface area contributed by atoms with Crippen LogP contribution >= 0.6 is 11.8 Å². The van der Waals surface area contributed by atoms with E-state index in [4.69, 9.17) is 11.8 Å². The summed E-state index contributed by atoms with van der Waals surface area (Å²) < 4.78 is 1.10. The summed E-state index contributed by atoms with van der Waals surface area (Å²) in [6, 6.07) is 0. The third-order valence-corrected chi connectivity index (χ3v) is 0.968. The Hall–Kier alpha value is -0.700. The number of rotatable bonds is 0. The summed E-state index contributed by atoms with van der Waals surface area (Å²) in [7, 11) is 0. The molecule has 0 unspecified atom stereocenters. The van der Waals surface area contributed by atoms with E-state index in [1.165, 1.54) is 0 Å². The van der Waals surface area contributed by atoms with E-state index in [0.717, 1.165) is 4.53 Å². The Morgan fingerprint density at radius 2 is 2.62 bits per heavy atom. The fraction of sp³-hybridized carbons (Fsp3) is 0.250. The first kappa shape index (κ1) is 5.44. The molecule has 0 aromatic rings. The van der Waals surface area contributed by atoms with E-state index in [2.05, 4.69) is 5.43 Å². The van der Waals surface area contributed by atoms with Gasteiger partial charge in [-0.1, -0.05) is 6.08 Å². The summed E-state index contributed by atoms with van der Waals surface area (Å²) >= 11 is 5.33. The Morgan fingerprint density at radius 3 is 3.00 bits per heavy atom. The number of hydrazine groups is 1. The lowest BCUT2D eigenvalue weighted by Crippen LogP contribution is -2.34. The van der Waals surface area contributed by atoms with Crippen molar-refractivity contribution in [3.8, 4) is 0 Å². The highest BCUT2D eigenvalue weighted by molar-refractivity contribution is 6.14. The van der Waals surface area contributed by atoms with Crippen molar-refractivity contribution in [3.05, 3.63) is 12.3 Å². The van der Waals surface area contributed by atoms with Crippen LogP contribution in [0, 0.1) is 0 Å². The van der Waals surface area contributed by atoms with Gasteiger partial charge in [0, 0.05) is 24.4 Å². The van der Waals surface area contributed by atoms with Gasteiger partial charge in [0.2, 0.25) is 5.91 Å². The number of carbonyl (C=O) groups is 1. The van der Waals surface area contributed by atoms with Crippen LogP contribution in [-0.4, -0.2) is 10.4 Å². The normalized spacial score (nSPS) is 18.6. The molecular formula is C4H5ClN2O. The molecule has 1 rings (SSSR count). The van der Waals surface area contributed by atoms with E-state index >= 15 is 0 Å². The van der Waals surface area contributed by atoms with Gasteiger partial charge in [0.25, 0.3) is 0 Å². The largest absolute Gasteiger partial charge is 0.273 e. The maximum atomic E-state index is 10.4. The minimum atomic E-state index is -0.0810. The average Bonchev–Trinajstić information content (AvgIpc) is 1.64.